The standard InChI is InChI=1S/C13H19N5O2/c1-8-4-9(17-14)16-10(15-8)7-18-11(19)5-13(2,3)6-12(18)20/h4H,5-7,14H2,1-3H3,(H,15,16,17). The quantitative estimate of drug-likeness (QED) is 0.480. The molecule has 1 saturated heterocycles. The third-order valence-corrected chi connectivity index (χ3v) is 3.21. The van der Waals surface area contributed by atoms with Gasteiger partial charge in [0.05, 0.1) is 6.54 Å². The summed E-state index contributed by atoms with van der Waals surface area (Å²) in [6.07, 6.45) is 0.707. The number of piperidine rings is 1. The van der Waals surface area contributed by atoms with Crippen LogP contribution in [0.15, 0.2) is 6.07 Å². The van der Waals surface area contributed by atoms with Gasteiger partial charge in [0.25, 0.3) is 0 Å². The highest BCUT2D eigenvalue weighted by molar-refractivity contribution is 5.98. The minimum Gasteiger partial charge on any atom is -0.308 e. The van der Waals surface area contributed by atoms with Crippen LogP contribution < -0.4 is 11.3 Å². The summed E-state index contributed by atoms with van der Waals surface area (Å²) in [5.74, 6) is 5.82. The zero-order valence-corrected chi connectivity index (χ0v) is 11.9. The molecule has 1 aromatic rings. The SMILES string of the molecule is Cc1cc(NN)nc(CN2C(=O)CC(C)(C)CC2=O)n1. The van der Waals surface area contributed by atoms with Crippen molar-refractivity contribution in [2.24, 2.45) is 11.3 Å². The van der Waals surface area contributed by atoms with E-state index < -0.39 is 0 Å². The molecule has 20 heavy (non-hydrogen) atoms. The van der Waals surface area contributed by atoms with Crippen molar-refractivity contribution in [3.63, 3.8) is 0 Å². The number of nitrogens with zero attached hydrogens (tertiary/aromatic N) is 3. The Morgan fingerprint density at radius 2 is 1.90 bits per heavy atom. The van der Waals surface area contributed by atoms with E-state index in [1.54, 1.807) is 13.0 Å². The predicted molar refractivity (Wildman–Crippen MR) is 73.2 cm³/mol. The lowest BCUT2D eigenvalue weighted by atomic mass is 9.82. The number of nitrogens with one attached hydrogen (secondary N) is 1. The summed E-state index contributed by atoms with van der Waals surface area (Å²) >= 11 is 0. The van der Waals surface area contributed by atoms with Crippen molar-refractivity contribution in [1.29, 1.82) is 0 Å². The Morgan fingerprint density at radius 1 is 1.30 bits per heavy atom. The van der Waals surface area contributed by atoms with Gasteiger partial charge in [-0.25, -0.2) is 15.8 Å². The van der Waals surface area contributed by atoms with Crippen LogP contribution in [0.1, 0.15) is 38.2 Å². The largest absolute Gasteiger partial charge is 0.308 e. The number of nitrogens with two attached hydrogens (primary N) is 1. The van der Waals surface area contributed by atoms with E-state index in [2.05, 4.69) is 15.4 Å². The van der Waals surface area contributed by atoms with Crippen molar-refractivity contribution < 1.29 is 9.59 Å². The van der Waals surface area contributed by atoms with Crippen LogP contribution in [-0.4, -0.2) is 26.7 Å². The van der Waals surface area contributed by atoms with Crippen molar-refractivity contribution in [3.05, 3.63) is 17.6 Å². The maximum Gasteiger partial charge on any atom is 0.230 e. The van der Waals surface area contributed by atoms with Crippen molar-refractivity contribution in [1.82, 2.24) is 14.9 Å². The van der Waals surface area contributed by atoms with Gasteiger partial charge in [-0.05, 0) is 12.3 Å². The van der Waals surface area contributed by atoms with Gasteiger partial charge in [0.1, 0.15) is 5.82 Å². The predicted octanol–water partition coefficient (Wildman–Crippen LogP) is 0.746. The van der Waals surface area contributed by atoms with Crippen LogP contribution in [0.4, 0.5) is 5.82 Å². The molecular formula is C13H19N5O2. The number of amides is 2. The fraction of sp³-hybridized carbons (Fsp3) is 0.538. The summed E-state index contributed by atoms with van der Waals surface area (Å²) in [5.41, 5.74) is 2.89. The van der Waals surface area contributed by atoms with Gasteiger partial charge in [-0.3, -0.25) is 14.5 Å². The Kier molecular flexibility index (Phi) is 3.71. The van der Waals surface area contributed by atoms with Crippen molar-refractivity contribution in [2.75, 3.05) is 5.43 Å². The van der Waals surface area contributed by atoms with Gasteiger partial charge in [-0.2, -0.15) is 0 Å². The van der Waals surface area contributed by atoms with Crippen LogP contribution in [0.25, 0.3) is 0 Å². The molecule has 0 bridgehead atoms. The average molecular weight is 277 g/mol. The van der Waals surface area contributed by atoms with Gasteiger partial charge < -0.3 is 5.43 Å². The Balaban J connectivity index is 2.19. The summed E-state index contributed by atoms with van der Waals surface area (Å²) in [5, 5.41) is 0. The van der Waals surface area contributed by atoms with Gasteiger partial charge in [-0.15, -0.1) is 0 Å². The first-order valence-corrected chi connectivity index (χ1v) is 6.45. The maximum absolute atomic E-state index is 12.1. The minimum absolute atomic E-state index is 0.0874. The van der Waals surface area contributed by atoms with Gasteiger partial charge in [-0.1, -0.05) is 13.8 Å². The number of rotatable bonds is 3. The van der Waals surface area contributed by atoms with Crippen LogP contribution in [0.5, 0.6) is 0 Å². The number of hydrogen-bond acceptors (Lipinski definition) is 6. The number of carbonyl (C=O) groups is 2. The molecule has 0 atom stereocenters. The molecule has 2 amide bonds. The second-order valence-electron chi connectivity index (χ2n) is 5.85. The molecule has 2 heterocycles. The van der Waals surface area contributed by atoms with Crippen LogP contribution >= 0.6 is 0 Å². The lowest BCUT2D eigenvalue weighted by Gasteiger charge is -2.34. The third kappa shape index (κ3) is 3.11. The van der Waals surface area contributed by atoms with Crippen LogP contribution in [-0.2, 0) is 16.1 Å². The molecule has 1 aliphatic heterocycles. The molecule has 0 saturated carbocycles. The average Bonchev–Trinajstić information content (AvgIpc) is 2.32. The van der Waals surface area contributed by atoms with Crippen LogP contribution in [0.3, 0.4) is 0 Å². The first-order chi connectivity index (χ1) is 9.30. The van der Waals surface area contributed by atoms with Crippen LogP contribution in [0.2, 0.25) is 0 Å². The topological polar surface area (TPSA) is 101 Å². The Morgan fingerprint density at radius 3 is 2.45 bits per heavy atom. The van der Waals surface area contributed by atoms with E-state index in [4.69, 9.17) is 5.84 Å². The second-order valence-corrected chi connectivity index (χ2v) is 5.85. The van der Waals surface area contributed by atoms with E-state index in [0.717, 1.165) is 5.69 Å². The molecule has 1 aliphatic rings. The third-order valence-electron chi connectivity index (χ3n) is 3.21. The summed E-state index contributed by atoms with van der Waals surface area (Å²) < 4.78 is 0. The van der Waals surface area contributed by atoms with E-state index in [1.165, 1.54) is 4.90 Å². The Labute approximate surface area is 117 Å². The highest BCUT2D eigenvalue weighted by Gasteiger charge is 2.37. The molecule has 0 unspecified atom stereocenters. The number of hydrazine groups is 1. The first-order valence-electron chi connectivity index (χ1n) is 6.45. The summed E-state index contributed by atoms with van der Waals surface area (Å²) in [4.78, 5) is 33.8. The molecule has 1 aromatic heterocycles. The lowest BCUT2D eigenvalue weighted by molar-refractivity contribution is -0.153. The normalized spacial score (nSPS) is 18.3. The number of likely N-dealkylation sites (tertiary alicyclic amines) is 1. The summed E-state index contributed by atoms with van der Waals surface area (Å²) in [6, 6.07) is 1.69. The van der Waals surface area contributed by atoms with Gasteiger partial charge in [0, 0.05) is 24.6 Å². The second kappa shape index (κ2) is 5.16. The molecule has 7 nitrogen and oxygen atoms in total. The van der Waals surface area contributed by atoms with E-state index in [9.17, 15) is 9.59 Å². The van der Waals surface area contributed by atoms with Crippen molar-refractivity contribution >= 4 is 17.6 Å². The molecule has 0 radical (unpaired) electrons. The van der Waals surface area contributed by atoms with E-state index in [0.29, 0.717) is 24.5 Å². The molecule has 0 aliphatic carbocycles. The summed E-state index contributed by atoms with van der Waals surface area (Å²) in [7, 11) is 0. The molecule has 1 fully saturated rings. The molecule has 108 valence electrons. The fourth-order valence-corrected chi connectivity index (χ4v) is 2.30. The first kappa shape index (κ1) is 14.4. The zero-order chi connectivity index (χ0) is 14.9. The molecule has 2 rings (SSSR count). The molecule has 3 N–H and O–H groups in total. The zero-order valence-electron chi connectivity index (χ0n) is 11.9. The van der Waals surface area contributed by atoms with E-state index >= 15 is 0 Å². The Bertz CT molecular complexity index is 536. The van der Waals surface area contributed by atoms with Gasteiger partial charge in [0.15, 0.2) is 5.82 Å². The number of carbonyl (C=O) groups excluding carboxylic acids is 2. The molecule has 7 heteroatoms. The molecule has 0 spiro atoms. The van der Waals surface area contributed by atoms with Gasteiger partial charge >= 0.3 is 0 Å². The van der Waals surface area contributed by atoms with Gasteiger partial charge in [0.2, 0.25) is 11.8 Å². The smallest absolute Gasteiger partial charge is 0.230 e. The summed E-state index contributed by atoms with van der Waals surface area (Å²) in [6.45, 7) is 5.72. The number of nitrogen functional groups attached to an aromatic ring is 1. The number of anilines is 1. The van der Waals surface area contributed by atoms with Crippen molar-refractivity contribution in [3.8, 4) is 0 Å². The number of aromatic nitrogens is 2. The van der Waals surface area contributed by atoms with Crippen LogP contribution in [0, 0.1) is 12.3 Å². The Hall–Kier alpha value is -2.02. The fourth-order valence-electron chi connectivity index (χ4n) is 2.30. The number of aryl methyl sites for hydroxylation is 1. The molecular weight excluding hydrogens is 258 g/mol. The number of imide groups is 1. The maximum atomic E-state index is 12.1. The van der Waals surface area contributed by atoms with E-state index in [1.807, 2.05) is 13.8 Å². The highest BCUT2D eigenvalue weighted by Crippen LogP contribution is 2.31. The monoisotopic (exact) mass is 277 g/mol. The van der Waals surface area contributed by atoms with E-state index in [-0.39, 0.29) is 23.8 Å². The minimum atomic E-state index is -0.276. The molecule has 0 aromatic carbocycles. The lowest BCUT2D eigenvalue weighted by Crippen LogP contribution is -2.45. The number of hydrogen-bond donors (Lipinski definition) is 2. The van der Waals surface area contributed by atoms with Crippen molar-refractivity contribution in [2.45, 2.75) is 40.2 Å². The highest BCUT2D eigenvalue weighted by atomic mass is 16.2.